The lowest BCUT2D eigenvalue weighted by molar-refractivity contribution is 0.0583. The smallest absolute Gasteiger partial charge is 0.339 e. The Bertz CT molecular complexity index is 969. The molecule has 156 valence electrons. The second-order valence-electron chi connectivity index (χ2n) is 6.37. The SMILES string of the molecule is CCCN(C1CCS(=O)(=O)C1)S(=O)(=O)c1cc(C(=O)OC)ccc1C(=O)OC. The molecule has 1 aliphatic rings. The van der Waals surface area contributed by atoms with Crippen molar-refractivity contribution < 1.29 is 35.9 Å². The standard InChI is InChI=1S/C17H23NO8S2/c1-4-8-18(13-7-9-27(21,22)11-13)28(23,24)15-10-12(16(19)25-2)5-6-14(15)17(20)26-3/h5-6,10,13H,4,7-9,11H2,1-3H3. The third kappa shape index (κ3) is 4.53. The molecule has 1 atom stereocenters. The normalized spacial score (nSPS) is 18.8. The van der Waals surface area contributed by atoms with Crippen LogP contribution in [0.3, 0.4) is 0 Å². The molecule has 11 heteroatoms. The van der Waals surface area contributed by atoms with Gasteiger partial charge in [0.15, 0.2) is 9.84 Å². The number of esters is 2. The summed E-state index contributed by atoms with van der Waals surface area (Å²) < 4.78 is 60.9. The van der Waals surface area contributed by atoms with Crippen LogP contribution < -0.4 is 0 Å². The number of nitrogens with zero attached hydrogens (tertiary/aromatic N) is 1. The number of ether oxygens (including phenoxy) is 2. The summed E-state index contributed by atoms with van der Waals surface area (Å²) in [6.45, 7) is 1.84. The van der Waals surface area contributed by atoms with Crippen molar-refractivity contribution in [1.82, 2.24) is 4.31 Å². The van der Waals surface area contributed by atoms with E-state index in [1.807, 2.05) is 0 Å². The number of methoxy groups -OCH3 is 2. The highest BCUT2D eigenvalue weighted by Gasteiger charge is 2.40. The predicted molar refractivity (Wildman–Crippen MR) is 100 cm³/mol. The van der Waals surface area contributed by atoms with Gasteiger partial charge in [-0.1, -0.05) is 6.92 Å². The lowest BCUT2D eigenvalue weighted by Gasteiger charge is -2.27. The molecule has 0 spiro atoms. The quantitative estimate of drug-likeness (QED) is 0.580. The maximum atomic E-state index is 13.4. The summed E-state index contributed by atoms with van der Waals surface area (Å²) >= 11 is 0. The Morgan fingerprint density at radius 3 is 2.32 bits per heavy atom. The van der Waals surface area contributed by atoms with Gasteiger partial charge < -0.3 is 9.47 Å². The van der Waals surface area contributed by atoms with Gasteiger partial charge >= 0.3 is 11.9 Å². The van der Waals surface area contributed by atoms with Gasteiger partial charge in [-0.3, -0.25) is 0 Å². The molecule has 0 aliphatic carbocycles. The summed E-state index contributed by atoms with van der Waals surface area (Å²) in [7, 11) is -5.35. The highest BCUT2D eigenvalue weighted by atomic mass is 32.2. The zero-order valence-electron chi connectivity index (χ0n) is 15.9. The summed E-state index contributed by atoms with van der Waals surface area (Å²) in [5.74, 6) is -2.03. The van der Waals surface area contributed by atoms with Crippen molar-refractivity contribution in [2.45, 2.75) is 30.7 Å². The van der Waals surface area contributed by atoms with Crippen molar-refractivity contribution in [3.63, 3.8) is 0 Å². The first-order chi connectivity index (χ1) is 13.1. The van der Waals surface area contributed by atoms with E-state index in [4.69, 9.17) is 0 Å². The first kappa shape index (κ1) is 22.3. The zero-order chi connectivity index (χ0) is 21.1. The lowest BCUT2D eigenvalue weighted by atomic mass is 10.1. The van der Waals surface area contributed by atoms with E-state index in [9.17, 15) is 26.4 Å². The summed E-state index contributed by atoms with van der Waals surface area (Å²) in [6.07, 6.45) is 0.617. The highest BCUT2D eigenvalue weighted by Crippen LogP contribution is 2.28. The molecule has 1 unspecified atom stereocenters. The minimum absolute atomic E-state index is 0.0516. The average molecular weight is 434 g/mol. The Kier molecular flexibility index (Phi) is 6.84. The van der Waals surface area contributed by atoms with Crippen LogP contribution >= 0.6 is 0 Å². The molecule has 28 heavy (non-hydrogen) atoms. The summed E-state index contributed by atoms with van der Waals surface area (Å²) in [4.78, 5) is 23.6. The Labute approximate surface area is 164 Å². The largest absolute Gasteiger partial charge is 0.465 e. The summed E-state index contributed by atoms with van der Waals surface area (Å²) in [6, 6.07) is 2.77. The molecule has 0 saturated carbocycles. The fourth-order valence-corrected chi connectivity index (χ4v) is 6.89. The second kappa shape index (κ2) is 8.58. The van der Waals surface area contributed by atoms with Crippen LogP contribution in [0.15, 0.2) is 23.1 Å². The van der Waals surface area contributed by atoms with Crippen LogP contribution in [-0.2, 0) is 29.3 Å². The summed E-state index contributed by atoms with van der Waals surface area (Å²) in [5, 5.41) is 0. The molecule has 9 nitrogen and oxygen atoms in total. The zero-order valence-corrected chi connectivity index (χ0v) is 17.5. The van der Waals surface area contributed by atoms with Gasteiger partial charge in [-0.2, -0.15) is 4.31 Å². The van der Waals surface area contributed by atoms with E-state index >= 15 is 0 Å². The molecule has 0 N–H and O–H groups in total. The number of rotatable bonds is 7. The van der Waals surface area contributed by atoms with E-state index in [0.29, 0.717) is 6.42 Å². The number of hydrogen-bond donors (Lipinski definition) is 0. The number of sulfone groups is 1. The van der Waals surface area contributed by atoms with Crippen molar-refractivity contribution in [1.29, 1.82) is 0 Å². The van der Waals surface area contributed by atoms with E-state index < -0.39 is 42.7 Å². The molecule has 1 aromatic carbocycles. The number of carbonyl (C=O) groups excluding carboxylic acids is 2. The minimum Gasteiger partial charge on any atom is -0.465 e. The van der Waals surface area contributed by atoms with E-state index in [1.54, 1.807) is 6.92 Å². The van der Waals surface area contributed by atoms with Crippen molar-refractivity contribution in [3.05, 3.63) is 29.3 Å². The van der Waals surface area contributed by atoms with Gasteiger partial charge in [0.2, 0.25) is 10.0 Å². The number of carbonyl (C=O) groups is 2. The molecule has 0 amide bonds. The third-order valence-electron chi connectivity index (χ3n) is 4.45. The van der Waals surface area contributed by atoms with Gasteiger partial charge in [-0.15, -0.1) is 0 Å². The minimum atomic E-state index is -4.29. The Morgan fingerprint density at radius 1 is 1.18 bits per heavy atom. The van der Waals surface area contributed by atoms with Gasteiger partial charge in [0, 0.05) is 12.6 Å². The van der Waals surface area contributed by atoms with Gasteiger partial charge in [0.05, 0.1) is 41.7 Å². The Hall–Kier alpha value is -1.98. The monoisotopic (exact) mass is 433 g/mol. The van der Waals surface area contributed by atoms with Crippen molar-refractivity contribution in [3.8, 4) is 0 Å². The molecule has 1 heterocycles. The van der Waals surface area contributed by atoms with Crippen LogP contribution in [0.4, 0.5) is 0 Å². The van der Waals surface area contributed by atoms with Crippen molar-refractivity contribution >= 4 is 31.8 Å². The second-order valence-corrected chi connectivity index (χ2v) is 10.5. The van der Waals surface area contributed by atoms with Crippen LogP contribution in [0.5, 0.6) is 0 Å². The van der Waals surface area contributed by atoms with E-state index in [-0.39, 0.29) is 35.6 Å². The topological polar surface area (TPSA) is 124 Å². The van der Waals surface area contributed by atoms with Gasteiger partial charge in [0.1, 0.15) is 0 Å². The first-order valence-electron chi connectivity index (χ1n) is 8.60. The van der Waals surface area contributed by atoms with Crippen molar-refractivity contribution in [2.24, 2.45) is 0 Å². The van der Waals surface area contributed by atoms with E-state index in [1.165, 1.54) is 12.1 Å². The van der Waals surface area contributed by atoms with E-state index in [2.05, 4.69) is 9.47 Å². The maximum absolute atomic E-state index is 13.4. The molecule has 1 aliphatic heterocycles. The van der Waals surface area contributed by atoms with E-state index in [0.717, 1.165) is 24.6 Å². The van der Waals surface area contributed by atoms with Crippen LogP contribution in [0.25, 0.3) is 0 Å². The molecule has 1 saturated heterocycles. The molecule has 0 bridgehead atoms. The van der Waals surface area contributed by atoms with Crippen molar-refractivity contribution in [2.75, 3.05) is 32.3 Å². The molecule has 0 aromatic heterocycles. The molecule has 0 radical (unpaired) electrons. The fraction of sp³-hybridized carbons (Fsp3) is 0.529. The number of hydrogen-bond acceptors (Lipinski definition) is 8. The molecular weight excluding hydrogens is 410 g/mol. The molecule has 1 aromatic rings. The van der Waals surface area contributed by atoms with Gasteiger partial charge in [-0.05, 0) is 31.0 Å². The first-order valence-corrected chi connectivity index (χ1v) is 11.9. The molecule has 2 rings (SSSR count). The van der Waals surface area contributed by atoms with Gasteiger partial charge in [0.25, 0.3) is 0 Å². The highest BCUT2D eigenvalue weighted by molar-refractivity contribution is 7.92. The Balaban J connectivity index is 2.62. The average Bonchev–Trinajstić information content (AvgIpc) is 3.03. The fourth-order valence-electron chi connectivity index (χ4n) is 3.11. The predicted octanol–water partition coefficient (Wildman–Crippen LogP) is 0.848. The van der Waals surface area contributed by atoms with Crippen LogP contribution in [0, 0.1) is 0 Å². The number of sulfonamides is 1. The molecule has 1 fully saturated rings. The number of benzene rings is 1. The van der Waals surface area contributed by atoms with Crippen LogP contribution in [0.2, 0.25) is 0 Å². The summed E-state index contributed by atoms with van der Waals surface area (Å²) in [5.41, 5.74) is -0.290. The van der Waals surface area contributed by atoms with Crippen LogP contribution in [-0.4, -0.2) is 71.4 Å². The Morgan fingerprint density at radius 2 is 1.82 bits per heavy atom. The maximum Gasteiger partial charge on any atom is 0.339 e. The van der Waals surface area contributed by atoms with Crippen LogP contribution in [0.1, 0.15) is 40.5 Å². The molecular formula is C17H23NO8S2. The van der Waals surface area contributed by atoms with Gasteiger partial charge in [-0.25, -0.2) is 26.4 Å². The lowest BCUT2D eigenvalue weighted by Crippen LogP contribution is -2.42. The third-order valence-corrected chi connectivity index (χ3v) is 8.20.